The number of aromatic nitrogens is 1. The van der Waals surface area contributed by atoms with Gasteiger partial charge in [0.2, 0.25) is 5.88 Å². The Morgan fingerprint density at radius 2 is 2.24 bits per heavy atom. The summed E-state index contributed by atoms with van der Waals surface area (Å²) in [4.78, 5) is 4.15. The van der Waals surface area contributed by atoms with E-state index in [0.29, 0.717) is 11.9 Å². The normalized spacial score (nSPS) is 17.9. The summed E-state index contributed by atoms with van der Waals surface area (Å²) in [6.07, 6.45) is 2.97. The van der Waals surface area contributed by atoms with Gasteiger partial charge in [-0.2, -0.15) is 11.8 Å². The molecule has 2 heterocycles. The van der Waals surface area contributed by atoms with Crippen LogP contribution in [0.3, 0.4) is 0 Å². The van der Waals surface area contributed by atoms with Crippen LogP contribution in [-0.4, -0.2) is 23.6 Å². The Labute approximate surface area is 130 Å². The maximum Gasteiger partial charge on any atom is 0.213 e. The molecule has 1 aromatic heterocycles. The number of nitrogens with one attached hydrogen (secondary N) is 1. The fourth-order valence-electron chi connectivity index (χ4n) is 2.66. The van der Waals surface area contributed by atoms with Gasteiger partial charge in [0.05, 0.1) is 7.11 Å². The van der Waals surface area contributed by atoms with E-state index in [9.17, 15) is 0 Å². The van der Waals surface area contributed by atoms with E-state index in [2.05, 4.69) is 34.6 Å². The minimum atomic E-state index is 0.410. The minimum Gasteiger partial charge on any atom is -0.481 e. The molecule has 21 heavy (non-hydrogen) atoms. The number of aryl methyl sites for hydroxylation is 1. The second-order valence-electron chi connectivity index (χ2n) is 5.16. The fourth-order valence-corrected chi connectivity index (χ4v) is 3.72. The van der Waals surface area contributed by atoms with E-state index >= 15 is 0 Å². The van der Waals surface area contributed by atoms with Crippen molar-refractivity contribution in [2.45, 2.75) is 19.0 Å². The largest absolute Gasteiger partial charge is 0.481 e. The number of thioether (sulfide) groups is 1. The molecule has 1 aliphatic rings. The van der Waals surface area contributed by atoms with E-state index in [-0.39, 0.29) is 0 Å². The number of methoxy groups -OCH3 is 1. The van der Waals surface area contributed by atoms with Gasteiger partial charge in [-0.3, -0.25) is 0 Å². The van der Waals surface area contributed by atoms with Crippen molar-refractivity contribution in [3.63, 3.8) is 0 Å². The van der Waals surface area contributed by atoms with Crippen molar-refractivity contribution in [1.82, 2.24) is 10.3 Å². The van der Waals surface area contributed by atoms with E-state index in [1.54, 1.807) is 13.3 Å². The van der Waals surface area contributed by atoms with E-state index in [4.69, 9.17) is 4.74 Å². The lowest BCUT2D eigenvalue weighted by Crippen LogP contribution is -2.23. The quantitative estimate of drug-likeness (QED) is 0.940. The lowest BCUT2D eigenvalue weighted by Gasteiger charge is -2.19. The molecule has 0 radical (unpaired) electrons. The molecular weight excluding hydrogens is 280 g/mol. The number of ether oxygens (including phenoxy) is 1. The van der Waals surface area contributed by atoms with Gasteiger partial charge in [-0.15, -0.1) is 0 Å². The van der Waals surface area contributed by atoms with Crippen LogP contribution < -0.4 is 10.1 Å². The molecule has 0 bridgehead atoms. The molecule has 1 unspecified atom stereocenters. The third-order valence-corrected chi connectivity index (χ3v) is 4.85. The Kier molecular flexibility index (Phi) is 4.78. The smallest absolute Gasteiger partial charge is 0.213 e. The summed E-state index contributed by atoms with van der Waals surface area (Å²) in [6.45, 7) is 0.832. The molecule has 2 aromatic rings. The molecule has 0 aliphatic carbocycles. The predicted molar refractivity (Wildman–Crippen MR) is 87.8 cm³/mol. The molecule has 4 heteroatoms. The first kappa shape index (κ1) is 14.4. The Bertz CT molecular complexity index is 603. The van der Waals surface area contributed by atoms with Gasteiger partial charge >= 0.3 is 0 Å². The van der Waals surface area contributed by atoms with Crippen LogP contribution >= 0.6 is 11.8 Å². The number of hydrogen-bond donors (Lipinski definition) is 1. The highest BCUT2D eigenvalue weighted by atomic mass is 32.2. The Balaban J connectivity index is 1.72. The van der Waals surface area contributed by atoms with Crippen LogP contribution in [0.15, 0.2) is 42.6 Å². The number of rotatable bonds is 4. The Morgan fingerprint density at radius 3 is 3.14 bits per heavy atom. The number of benzene rings is 1. The Morgan fingerprint density at radius 1 is 1.33 bits per heavy atom. The van der Waals surface area contributed by atoms with Gasteiger partial charge in [-0.1, -0.05) is 24.3 Å². The van der Waals surface area contributed by atoms with Crippen LogP contribution in [0.4, 0.5) is 0 Å². The lowest BCUT2D eigenvalue weighted by atomic mass is 9.99. The summed E-state index contributed by atoms with van der Waals surface area (Å²) in [5.74, 6) is 3.00. The molecule has 0 spiro atoms. The van der Waals surface area contributed by atoms with Crippen molar-refractivity contribution in [2.75, 3.05) is 18.6 Å². The molecule has 1 aromatic carbocycles. The SMILES string of the molecule is COc1cc(CNC2CSCCc3ccccc32)ccn1. The van der Waals surface area contributed by atoms with Crippen molar-refractivity contribution >= 4 is 11.8 Å². The van der Waals surface area contributed by atoms with Crippen molar-refractivity contribution in [2.24, 2.45) is 0 Å². The van der Waals surface area contributed by atoms with E-state index in [1.165, 1.54) is 28.9 Å². The molecule has 0 saturated carbocycles. The third-order valence-electron chi connectivity index (χ3n) is 3.79. The summed E-state index contributed by atoms with van der Waals surface area (Å²) in [5.41, 5.74) is 4.13. The van der Waals surface area contributed by atoms with Gasteiger partial charge in [0.15, 0.2) is 0 Å². The maximum absolute atomic E-state index is 5.18. The highest BCUT2D eigenvalue weighted by molar-refractivity contribution is 7.99. The van der Waals surface area contributed by atoms with E-state index in [1.807, 2.05) is 23.9 Å². The second-order valence-corrected chi connectivity index (χ2v) is 6.31. The molecule has 0 fully saturated rings. The summed E-state index contributed by atoms with van der Waals surface area (Å²) >= 11 is 2.02. The highest BCUT2D eigenvalue weighted by Gasteiger charge is 2.17. The zero-order valence-electron chi connectivity index (χ0n) is 12.2. The van der Waals surface area contributed by atoms with E-state index < -0.39 is 0 Å². The van der Waals surface area contributed by atoms with Crippen LogP contribution in [0.2, 0.25) is 0 Å². The predicted octanol–water partition coefficient (Wildman–Crippen LogP) is 3.21. The molecule has 1 atom stereocenters. The summed E-state index contributed by atoms with van der Waals surface area (Å²) in [7, 11) is 1.65. The van der Waals surface area contributed by atoms with Gasteiger partial charge in [0.1, 0.15) is 0 Å². The van der Waals surface area contributed by atoms with Gasteiger partial charge in [0, 0.05) is 30.6 Å². The van der Waals surface area contributed by atoms with Crippen molar-refractivity contribution in [1.29, 1.82) is 0 Å². The first-order valence-electron chi connectivity index (χ1n) is 7.24. The molecule has 1 aliphatic heterocycles. The first-order valence-corrected chi connectivity index (χ1v) is 8.40. The monoisotopic (exact) mass is 300 g/mol. The fraction of sp³-hybridized carbons (Fsp3) is 0.353. The zero-order valence-corrected chi connectivity index (χ0v) is 13.0. The zero-order chi connectivity index (χ0) is 14.5. The average Bonchev–Trinajstić information content (AvgIpc) is 2.75. The standard InChI is InChI=1S/C17H20N2OS/c1-20-17-10-13(6-8-18-17)11-19-16-12-21-9-7-14-4-2-3-5-15(14)16/h2-6,8,10,16,19H,7,9,11-12H2,1H3. The van der Waals surface area contributed by atoms with Gasteiger partial charge in [0.25, 0.3) is 0 Å². The van der Waals surface area contributed by atoms with Crippen LogP contribution in [0.25, 0.3) is 0 Å². The molecule has 3 nitrogen and oxygen atoms in total. The van der Waals surface area contributed by atoms with Crippen LogP contribution in [0, 0.1) is 0 Å². The average molecular weight is 300 g/mol. The number of nitrogens with zero attached hydrogens (tertiary/aromatic N) is 1. The van der Waals surface area contributed by atoms with Crippen molar-refractivity contribution in [3.05, 3.63) is 59.3 Å². The van der Waals surface area contributed by atoms with Gasteiger partial charge < -0.3 is 10.1 Å². The summed E-state index contributed by atoms with van der Waals surface area (Å²) < 4.78 is 5.18. The summed E-state index contributed by atoms with van der Waals surface area (Å²) in [6, 6.07) is 13.2. The lowest BCUT2D eigenvalue weighted by molar-refractivity contribution is 0.397. The van der Waals surface area contributed by atoms with Crippen molar-refractivity contribution in [3.8, 4) is 5.88 Å². The third kappa shape index (κ3) is 3.57. The molecule has 3 rings (SSSR count). The number of pyridine rings is 1. The first-order chi connectivity index (χ1) is 10.4. The van der Waals surface area contributed by atoms with Crippen LogP contribution in [-0.2, 0) is 13.0 Å². The second kappa shape index (κ2) is 6.96. The molecule has 1 N–H and O–H groups in total. The number of hydrogen-bond acceptors (Lipinski definition) is 4. The summed E-state index contributed by atoms with van der Waals surface area (Å²) in [5, 5.41) is 3.68. The maximum atomic E-state index is 5.18. The molecular formula is C17H20N2OS. The van der Waals surface area contributed by atoms with E-state index in [0.717, 1.165) is 12.3 Å². The topological polar surface area (TPSA) is 34.1 Å². The van der Waals surface area contributed by atoms with Crippen LogP contribution in [0.1, 0.15) is 22.7 Å². The highest BCUT2D eigenvalue weighted by Crippen LogP contribution is 2.27. The molecule has 0 saturated heterocycles. The Hall–Kier alpha value is -1.52. The minimum absolute atomic E-state index is 0.410. The number of fused-ring (bicyclic) bond motifs is 1. The van der Waals surface area contributed by atoms with Gasteiger partial charge in [-0.25, -0.2) is 4.98 Å². The van der Waals surface area contributed by atoms with Gasteiger partial charge in [-0.05, 0) is 34.9 Å². The van der Waals surface area contributed by atoms with Crippen LogP contribution in [0.5, 0.6) is 5.88 Å². The molecule has 0 amide bonds. The molecule has 110 valence electrons. The van der Waals surface area contributed by atoms with Crippen molar-refractivity contribution < 1.29 is 4.74 Å².